The fourth-order valence-corrected chi connectivity index (χ4v) is 14.7. The van der Waals surface area contributed by atoms with E-state index in [9.17, 15) is 22.7 Å². The Labute approximate surface area is 313 Å². The number of hydrogen-bond donors (Lipinski definition) is 2. The number of carboxylic acid groups (broad SMARTS) is 1. The summed E-state index contributed by atoms with van der Waals surface area (Å²) in [5.74, 6) is 0.970. The molecule has 5 aliphatic rings. The first-order valence-corrected chi connectivity index (χ1v) is 22.0. The number of carbonyl (C=O) groups is 1. The molecular formula is C43H66FN3O4S. The number of rotatable bonds is 11. The number of aliphatic imine (C=N–C) groups is 1. The Morgan fingerprint density at radius 2 is 1.69 bits per heavy atom. The van der Waals surface area contributed by atoms with Gasteiger partial charge in [0.15, 0.2) is 9.84 Å². The zero-order chi connectivity index (χ0) is 37.9. The lowest BCUT2D eigenvalue weighted by molar-refractivity contribution is -0.223. The van der Waals surface area contributed by atoms with Gasteiger partial charge in [-0.3, -0.25) is 9.38 Å². The topological polar surface area (TPSA) is 99.1 Å². The van der Waals surface area contributed by atoms with Gasteiger partial charge in [-0.05, 0) is 121 Å². The van der Waals surface area contributed by atoms with Crippen LogP contribution >= 0.6 is 0 Å². The number of fused-ring (bicyclic) bond motifs is 5. The van der Waals surface area contributed by atoms with E-state index < -0.39 is 22.5 Å². The summed E-state index contributed by atoms with van der Waals surface area (Å²) in [6.45, 7) is 23.4. The molecule has 0 amide bonds. The minimum atomic E-state index is -2.93. The molecule has 1 saturated heterocycles. The molecule has 0 bridgehead atoms. The summed E-state index contributed by atoms with van der Waals surface area (Å²) in [5, 5.41) is 13.6. The van der Waals surface area contributed by atoms with E-state index in [1.165, 1.54) is 12.0 Å². The summed E-state index contributed by atoms with van der Waals surface area (Å²) in [6, 6.07) is 7.29. The van der Waals surface area contributed by atoms with Gasteiger partial charge in [-0.2, -0.15) is 0 Å². The van der Waals surface area contributed by atoms with E-state index in [0.29, 0.717) is 36.4 Å². The van der Waals surface area contributed by atoms with Crippen molar-refractivity contribution in [1.29, 1.82) is 0 Å². The molecule has 10 atom stereocenters. The third kappa shape index (κ3) is 6.34. The molecule has 9 heteroatoms. The van der Waals surface area contributed by atoms with E-state index in [1.807, 2.05) is 19.1 Å². The van der Waals surface area contributed by atoms with Gasteiger partial charge in [-0.25, -0.2) is 13.2 Å². The summed E-state index contributed by atoms with van der Waals surface area (Å²) in [7, 11) is -2.93. The lowest BCUT2D eigenvalue weighted by Crippen LogP contribution is -2.70. The maximum Gasteiger partial charge on any atom is 0.335 e. The van der Waals surface area contributed by atoms with Gasteiger partial charge in [0.1, 0.15) is 0 Å². The summed E-state index contributed by atoms with van der Waals surface area (Å²) < 4.78 is 38.8. The van der Waals surface area contributed by atoms with E-state index in [4.69, 9.17) is 4.99 Å². The smallest absolute Gasteiger partial charge is 0.335 e. The average Bonchev–Trinajstić information content (AvgIpc) is 3.10. The van der Waals surface area contributed by atoms with Crippen LogP contribution in [0.1, 0.15) is 116 Å². The number of aromatic carboxylic acids is 1. The van der Waals surface area contributed by atoms with Crippen molar-refractivity contribution in [3.63, 3.8) is 0 Å². The van der Waals surface area contributed by atoms with E-state index in [1.54, 1.807) is 12.1 Å². The molecule has 290 valence electrons. The molecule has 3 saturated carbocycles. The zero-order valence-corrected chi connectivity index (χ0v) is 33.8. The maximum absolute atomic E-state index is 14.7. The van der Waals surface area contributed by atoms with Gasteiger partial charge in [0, 0.05) is 43.6 Å². The van der Waals surface area contributed by atoms with Crippen LogP contribution < -0.4 is 5.32 Å². The van der Waals surface area contributed by atoms with Crippen molar-refractivity contribution in [2.75, 3.05) is 44.4 Å². The summed E-state index contributed by atoms with van der Waals surface area (Å²) in [4.78, 5) is 18.6. The van der Waals surface area contributed by atoms with Gasteiger partial charge in [-0.1, -0.05) is 66.7 Å². The standard InChI is InChI=1S/C43H66FN3O4S/c1-9-43(46-22-23-47-24-26-52(50,51)27-25-47)21-20-41(6)33(36(43)37(45-8)29(2)28-44)14-15-35-40(5)18-16-32(30-10-12-31(13-11-30)38(48)49)39(3,4)34(40)17-19-42(35,41)7/h10-13,16,29,33-37,46H,8-9,14-15,17-28H2,1-7H3,(H,48,49). The molecule has 4 fully saturated rings. The first-order chi connectivity index (χ1) is 24.4. The quantitative estimate of drug-likeness (QED) is 0.222. The molecule has 6 rings (SSSR count). The summed E-state index contributed by atoms with van der Waals surface area (Å²) in [5.41, 5.74) is 2.87. The minimum absolute atomic E-state index is 0.0554. The van der Waals surface area contributed by atoms with E-state index >= 15 is 0 Å². The largest absolute Gasteiger partial charge is 0.478 e. The Hall–Kier alpha value is -2.10. The average molecular weight is 740 g/mol. The van der Waals surface area contributed by atoms with E-state index in [0.717, 1.165) is 63.6 Å². The van der Waals surface area contributed by atoms with Crippen LogP contribution in [0.5, 0.6) is 0 Å². The van der Waals surface area contributed by atoms with E-state index in [-0.39, 0.29) is 56.6 Å². The normalized spacial score (nSPS) is 39.6. The van der Waals surface area contributed by atoms with Gasteiger partial charge in [0.25, 0.3) is 0 Å². The molecule has 1 aliphatic heterocycles. The third-order valence-electron chi connectivity index (χ3n) is 16.5. The Bertz CT molecular complexity index is 1630. The Morgan fingerprint density at radius 3 is 2.29 bits per heavy atom. The molecule has 2 N–H and O–H groups in total. The van der Waals surface area contributed by atoms with Crippen molar-refractivity contribution in [2.45, 2.75) is 111 Å². The number of hydrogen-bond acceptors (Lipinski definition) is 6. The SMILES string of the molecule is C=NC(C(C)CF)C1C2CCC3C4(C)CC=C(c5ccc(C(=O)O)cc5)C(C)(C)C4CCC3(C)C2(C)CCC1(CC)NCCN1CCS(=O)(=O)CC1. The van der Waals surface area contributed by atoms with Crippen molar-refractivity contribution in [3.8, 4) is 0 Å². The molecule has 10 unspecified atom stereocenters. The van der Waals surface area contributed by atoms with Crippen molar-refractivity contribution >= 4 is 28.1 Å². The monoisotopic (exact) mass is 739 g/mol. The second-order valence-electron chi connectivity index (χ2n) is 18.9. The fraction of sp³-hybridized carbons (Fsp3) is 0.767. The molecule has 7 nitrogen and oxygen atoms in total. The van der Waals surface area contributed by atoms with Crippen LogP contribution in [-0.4, -0.2) is 87.1 Å². The Morgan fingerprint density at radius 1 is 1.02 bits per heavy atom. The van der Waals surface area contributed by atoms with Crippen LogP contribution in [0.25, 0.3) is 5.57 Å². The molecule has 1 heterocycles. The highest BCUT2D eigenvalue weighted by molar-refractivity contribution is 7.91. The van der Waals surface area contributed by atoms with Crippen LogP contribution in [0.4, 0.5) is 4.39 Å². The number of sulfone groups is 1. The van der Waals surface area contributed by atoms with Crippen molar-refractivity contribution in [1.82, 2.24) is 10.2 Å². The number of benzene rings is 1. The van der Waals surface area contributed by atoms with Gasteiger partial charge < -0.3 is 15.3 Å². The maximum atomic E-state index is 14.7. The van der Waals surface area contributed by atoms with Crippen LogP contribution in [0.15, 0.2) is 35.3 Å². The third-order valence-corrected chi connectivity index (χ3v) is 18.1. The predicted molar refractivity (Wildman–Crippen MR) is 210 cm³/mol. The number of nitrogens with one attached hydrogen (secondary N) is 1. The number of nitrogens with zero attached hydrogens (tertiary/aromatic N) is 2. The van der Waals surface area contributed by atoms with Crippen molar-refractivity contribution in [3.05, 3.63) is 41.5 Å². The van der Waals surface area contributed by atoms with Gasteiger partial charge >= 0.3 is 5.97 Å². The van der Waals surface area contributed by atoms with Crippen molar-refractivity contribution in [2.24, 2.45) is 56.2 Å². The zero-order valence-electron chi connectivity index (χ0n) is 33.0. The molecular weight excluding hydrogens is 674 g/mol. The van der Waals surface area contributed by atoms with Crippen LogP contribution in [0, 0.1) is 51.2 Å². The van der Waals surface area contributed by atoms with Gasteiger partial charge in [0.2, 0.25) is 0 Å². The Kier molecular flexibility index (Phi) is 10.8. The molecule has 1 aromatic carbocycles. The molecule has 1 aromatic rings. The first kappa shape index (κ1) is 39.6. The van der Waals surface area contributed by atoms with Gasteiger partial charge in [-0.15, -0.1) is 0 Å². The highest BCUT2D eigenvalue weighted by Crippen LogP contribution is 2.75. The lowest BCUT2D eigenvalue weighted by Gasteiger charge is -2.73. The predicted octanol–water partition coefficient (Wildman–Crippen LogP) is 8.21. The first-order valence-electron chi connectivity index (χ1n) is 20.2. The number of allylic oxidation sites excluding steroid dienone is 2. The van der Waals surface area contributed by atoms with E-state index in [2.05, 4.69) is 64.6 Å². The minimum Gasteiger partial charge on any atom is -0.478 e. The molecule has 52 heavy (non-hydrogen) atoms. The van der Waals surface area contributed by atoms with Crippen molar-refractivity contribution < 1.29 is 22.7 Å². The van der Waals surface area contributed by atoms with Crippen LogP contribution in [0.2, 0.25) is 0 Å². The number of halogens is 1. The van der Waals surface area contributed by atoms with Crippen LogP contribution in [-0.2, 0) is 9.84 Å². The number of carboxylic acids is 1. The van der Waals surface area contributed by atoms with Gasteiger partial charge in [0.05, 0.1) is 29.8 Å². The molecule has 0 spiro atoms. The second-order valence-corrected chi connectivity index (χ2v) is 21.2. The fourth-order valence-electron chi connectivity index (χ4n) is 13.4. The highest BCUT2D eigenvalue weighted by Gasteiger charge is 2.69. The lowest BCUT2D eigenvalue weighted by atomic mass is 9.32. The Balaban J connectivity index is 1.31. The summed E-state index contributed by atoms with van der Waals surface area (Å²) >= 11 is 0. The molecule has 4 aliphatic carbocycles. The number of alkyl halides is 1. The molecule has 0 radical (unpaired) electrons. The summed E-state index contributed by atoms with van der Waals surface area (Å²) in [6.07, 6.45) is 11.2. The highest BCUT2D eigenvalue weighted by atomic mass is 32.2. The second kappa shape index (κ2) is 14.2. The molecule has 0 aromatic heterocycles. The van der Waals surface area contributed by atoms with Crippen LogP contribution in [0.3, 0.4) is 0 Å².